The van der Waals surface area contributed by atoms with E-state index in [1.165, 1.54) is 32.1 Å². The lowest BCUT2D eigenvalue weighted by Crippen LogP contribution is -2.30. The average Bonchev–Trinajstić information content (AvgIpc) is 3.18. The monoisotopic (exact) mass is 767 g/mol. The molecule has 0 bridgehead atoms. The molecule has 0 heterocycles. The van der Waals surface area contributed by atoms with Crippen LogP contribution >= 0.6 is 0 Å². The van der Waals surface area contributed by atoms with Gasteiger partial charge in [-0.3, -0.25) is 14.4 Å². The Labute approximate surface area is 338 Å². The molecular weight excluding hydrogens is 685 g/mol. The summed E-state index contributed by atoms with van der Waals surface area (Å²) in [4.78, 5) is 37.7. The Morgan fingerprint density at radius 3 is 1.22 bits per heavy atom. The molecule has 1 unspecified atom stereocenters. The van der Waals surface area contributed by atoms with Crippen LogP contribution in [0.2, 0.25) is 0 Å². The number of hydrogen-bond acceptors (Lipinski definition) is 6. The van der Waals surface area contributed by atoms with E-state index in [2.05, 4.69) is 93.7 Å². The van der Waals surface area contributed by atoms with Crippen LogP contribution in [0.25, 0.3) is 0 Å². The van der Waals surface area contributed by atoms with Crippen molar-refractivity contribution in [3.05, 3.63) is 72.9 Å². The van der Waals surface area contributed by atoms with Gasteiger partial charge in [-0.15, -0.1) is 0 Å². The van der Waals surface area contributed by atoms with E-state index in [0.717, 1.165) is 128 Å². The molecule has 0 fully saturated rings. The first-order chi connectivity index (χ1) is 27.0. The van der Waals surface area contributed by atoms with Crippen LogP contribution in [0.1, 0.15) is 201 Å². The van der Waals surface area contributed by atoms with Gasteiger partial charge in [-0.2, -0.15) is 0 Å². The predicted octanol–water partition coefficient (Wildman–Crippen LogP) is 14.3. The first-order valence-corrected chi connectivity index (χ1v) is 22.4. The van der Waals surface area contributed by atoms with Gasteiger partial charge in [0.05, 0.1) is 0 Å². The van der Waals surface area contributed by atoms with Crippen molar-refractivity contribution in [1.82, 2.24) is 0 Å². The molecule has 6 heteroatoms. The fourth-order valence-electron chi connectivity index (χ4n) is 5.77. The summed E-state index contributed by atoms with van der Waals surface area (Å²) in [6, 6.07) is 0. The molecule has 0 rings (SSSR count). The van der Waals surface area contributed by atoms with Crippen LogP contribution in [0, 0.1) is 0 Å². The zero-order valence-electron chi connectivity index (χ0n) is 35.7. The molecule has 1 atom stereocenters. The minimum absolute atomic E-state index is 0.0975. The summed E-state index contributed by atoms with van der Waals surface area (Å²) < 4.78 is 16.6. The minimum atomic E-state index is -0.797. The molecule has 0 aliphatic carbocycles. The van der Waals surface area contributed by atoms with Crippen molar-refractivity contribution in [2.75, 3.05) is 13.2 Å². The first kappa shape index (κ1) is 51.9. The highest BCUT2D eigenvalue weighted by Crippen LogP contribution is 2.12. The Hall–Kier alpha value is -3.15. The Bertz CT molecular complexity index is 1070. The molecule has 0 saturated heterocycles. The fourth-order valence-corrected chi connectivity index (χ4v) is 5.77. The highest BCUT2D eigenvalue weighted by Gasteiger charge is 2.19. The lowest BCUT2D eigenvalue weighted by molar-refractivity contribution is -0.167. The lowest BCUT2D eigenvalue weighted by Gasteiger charge is -2.18. The van der Waals surface area contributed by atoms with Crippen molar-refractivity contribution in [2.45, 2.75) is 207 Å². The van der Waals surface area contributed by atoms with Crippen LogP contribution in [0.4, 0.5) is 0 Å². The summed E-state index contributed by atoms with van der Waals surface area (Å²) in [5, 5.41) is 0. The highest BCUT2D eigenvalue weighted by atomic mass is 16.6. The number of unbranched alkanes of at least 4 members (excludes halogenated alkanes) is 16. The van der Waals surface area contributed by atoms with Crippen LogP contribution in [0.15, 0.2) is 72.9 Å². The molecule has 0 aliphatic heterocycles. The maximum atomic E-state index is 12.7. The van der Waals surface area contributed by atoms with Crippen LogP contribution in [-0.2, 0) is 28.6 Å². The van der Waals surface area contributed by atoms with E-state index in [0.29, 0.717) is 12.8 Å². The molecule has 0 aromatic carbocycles. The van der Waals surface area contributed by atoms with E-state index < -0.39 is 6.10 Å². The smallest absolute Gasteiger partial charge is 0.306 e. The normalized spacial score (nSPS) is 12.7. The van der Waals surface area contributed by atoms with Crippen molar-refractivity contribution in [1.29, 1.82) is 0 Å². The van der Waals surface area contributed by atoms with Crippen LogP contribution in [-0.4, -0.2) is 37.2 Å². The molecule has 0 aliphatic rings. The Morgan fingerprint density at radius 1 is 0.382 bits per heavy atom. The van der Waals surface area contributed by atoms with Crippen LogP contribution in [0.5, 0.6) is 0 Å². The van der Waals surface area contributed by atoms with Gasteiger partial charge < -0.3 is 14.2 Å². The third-order valence-corrected chi connectivity index (χ3v) is 9.15. The maximum Gasteiger partial charge on any atom is 0.306 e. The fraction of sp³-hybridized carbons (Fsp3) is 0.694. The van der Waals surface area contributed by atoms with E-state index in [9.17, 15) is 14.4 Å². The molecule has 0 aromatic heterocycles. The van der Waals surface area contributed by atoms with Crippen molar-refractivity contribution < 1.29 is 28.6 Å². The Morgan fingerprint density at radius 2 is 0.745 bits per heavy atom. The third-order valence-electron chi connectivity index (χ3n) is 9.15. The molecule has 0 aromatic rings. The summed E-state index contributed by atoms with van der Waals surface area (Å²) in [6.45, 7) is 6.35. The predicted molar refractivity (Wildman–Crippen MR) is 233 cm³/mol. The van der Waals surface area contributed by atoms with Gasteiger partial charge in [0.1, 0.15) is 13.2 Å². The second-order valence-corrected chi connectivity index (χ2v) is 14.6. The molecule has 314 valence electrons. The van der Waals surface area contributed by atoms with E-state index in [-0.39, 0.29) is 37.5 Å². The number of hydrogen-bond donors (Lipinski definition) is 0. The molecule has 0 saturated carbocycles. The van der Waals surface area contributed by atoms with Crippen molar-refractivity contribution in [2.24, 2.45) is 0 Å². The summed E-state index contributed by atoms with van der Waals surface area (Å²) in [6.07, 6.45) is 53.1. The van der Waals surface area contributed by atoms with E-state index in [4.69, 9.17) is 14.2 Å². The number of carbonyl (C=O) groups is 3. The summed E-state index contributed by atoms with van der Waals surface area (Å²) in [5.74, 6) is -0.959. The van der Waals surface area contributed by atoms with Crippen LogP contribution < -0.4 is 0 Å². The first-order valence-electron chi connectivity index (χ1n) is 22.4. The Kier molecular flexibility index (Phi) is 41.1. The number of esters is 3. The maximum absolute atomic E-state index is 12.7. The zero-order chi connectivity index (χ0) is 40.1. The number of allylic oxidation sites excluding steroid dienone is 12. The SMILES string of the molecule is CC/C=C\C/C=C\C/C=C\CCCCCC(=O)OC(COC(=O)CCCCCCC/C=C\C/C=C\CCCC)COC(=O)CCCCCCC/C=C\CCC. The average molecular weight is 767 g/mol. The van der Waals surface area contributed by atoms with E-state index >= 15 is 0 Å². The van der Waals surface area contributed by atoms with Gasteiger partial charge >= 0.3 is 17.9 Å². The van der Waals surface area contributed by atoms with E-state index in [1.807, 2.05) is 0 Å². The summed E-state index contributed by atoms with van der Waals surface area (Å²) in [7, 11) is 0. The van der Waals surface area contributed by atoms with Gasteiger partial charge in [0.25, 0.3) is 0 Å². The number of carbonyl (C=O) groups excluding carboxylic acids is 3. The largest absolute Gasteiger partial charge is 0.462 e. The topological polar surface area (TPSA) is 78.9 Å². The van der Waals surface area contributed by atoms with Gasteiger partial charge in [0.2, 0.25) is 0 Å². The zero-order valence-corrected chi connectivity index (χ0v) is 35.7. The minimum Gasteiger partial charge on any atom is -0.462 e. The van der Waals surface area contributed by atoms with Crippen molar-refractivity contribution >= 4 is 17.9 Å². The Balaban J connectivity index is 4.46. The van der Waals surface area contributed by atoms with Gasteiger partial charge in [0.15, 0.2) is 6.10 Å². The molecule has 6 nitrogen and oxygen atoms in total. The lowest BCUT2D eigenvalue weighted by atomic mass is 10.1. The quantitative estimate of drug-likeness (QED) is 0.0268. The molecule has 0 radical (unpaired) electrons. The number of ether oxygens (including phenoxy) is 3. The van der Waals surface area contributed by atoms with E-state index in [1.54, 1.807) is 0 Å². The van der Waals surface area contributed by atoms with Gasteiger partial charge in [0, 0.05) is 19.3 Å². The molecule has 0 N–H and O–H groups in total. The second-order valence-electron chi connectivity index (χ2n) is 14.6. The highest BCUT2D eigenvalue weighted by molar-refractivity contribution is 5.71. The third kappa shape index (κ3) is 41.8. The molecule has 55 heavy (non-hydrogen) atoms. The summed E-state index contributed by atoms with van der Waals surface area (Å²) >= 11 is 0. The van der Waals surface area contributed by atoms with Crippen molar-refractivity contribution in [3.63, 3.8) is 0 Å². The summed E-state index contributed by atoms with van der Waals surface area (Å²) in [5.41, 5.74) is 0. The number of rotatable bonds is 39. The molecule has 0 amide bonds. The second kappa shape index (κ2) is 43.6. The van der Waals surface area contributed by atoms with Crippen molar-refractivity contribution in [3.8, 4) is 0 Å². The standard InChI is InChI=1S/C49H82O6/c1-4-7-10-13-16-19-22-24-26-27-30-33-36-39-42-48(51)54-45-46(44-53-47(50)41-38-35-32-29-21-18-15-12-9-6-3)55-49(52)43-40-37-34-31-28-25-23-20-17-14-11-8-5-2/h8,11-13,15-17,20,22,24-25,28,46H,4-7,9-10,14,18-19,21,23,26-27,29-45H2,1-3H3/b11-8-,15-12-,16-13-,20-17-,24-22-,28-25-. The molecular formula is C49H82O6. The molecule has 0 spiro atoms. The van der Waals surface area contributed by atoms with Gasteiger partial charge in [-0.05, 0) is 96.3 Å². The van der Waals surface area contributed by atoms with Crippen LogP contribution in [0.3, 0.4) is 0 Å². The van der Waals surface area contributed by atoms with Gasteiger partial charge in [-0.1, -0.05) is 158 Å². The van der Waals surface area contributed by atoms with Gasteiger partial charge in [-0.25, -0.2) is 0 Å².